The van der Waals surface area contributed by atoms with Gasteiger partial charge in [-0.15, -0.1) is 0 Å². The van der Waals surface area contributed by atoms with Crippen LogP contribution in [0.2, 0.25) is 0 Å². The molecule has 4 heteroatoms. The Morgan fingerprint density at radius 2 is 1.31 bits per heavy atom. The van der Waals surface area contributed by atoms with E-state index in [1.54, 1.807) is 24.3 Å². The van der Waals surface area contributed by atoms with Gasteiger partial charge in [-0.1, -0.05) is 69.3 Å². The van der Waals surface area contributed by atoms with Crippen LogP contribution in [0.25, 0.3) is 54.6 Å². The van der Waals surface area contributed by atoms with Gasteiger partial charge in [0.25, 0.3) is 0 Å². The second kappa shape index (κ2) is 7.79. The van der Waals surface area contributed by atoms with Crippen molar-refractivity contribution in [1.29, 1.82) is 0 Å². The molecule has 0 radical (unpaired) electrons. The Labute approximate surface area is 207 Å². The molecule has 0 saturated carbocycles. The summed E-state index contributed by atoms with van der Waals surface area (Å²) in [5.41, 5.74) is 4.13. The summed E-state index contributed by atoms with van der Waals surface area (Å²) in [6.45, 7) is 6.55. The first-order chi connectivity index (χ1) is 17.2. The van der Waals surface area contributed by atoms with E-state index in [9.17, 15) is 14.7 Å². The zero-order valence-corrected chi connectivity index (χ0v) is 20.3. The molecule has 36 heavy (non-hydrogen) atoms. The Hall–Kier alpha value is -4.44. The van der Waals surface area contributed by atoms with Gasteiger partial charge in [0, 0.05) is 27.1 Å². The van der Waals surface area contributed by atoms with E-state index >= 15 is 0 Å². The van der Waals surface area contributed by atoms with Gasteiger partial charge in [0.05, 0.1) is 5.56 Å². The lowest BCUT2D eigenvalue weighted by molar-refractivity contribution is 0.0697. The monoisotopic (exact) mass is 472 g/mol. The van der Waals surface area contributed by atoms with Gasteiger partial charge in [-0.3, -0.25) is 4.79 Å². The lowest BCUT2D eigenvalue weighted by atomic mass is 9.85. The zero-order valence-electron chi connectivity index (χ0n) is 20.3. The maximum absolute atomic E-state index is 12.2. The number of rotatable bonds is 2. The van der Waals surface area contributed by atoms with Crippen molar-refractivity contribution in [2.75, 3.05) is 0 Å². The predicted molar refractivity (Wildman–Crippen MR) is 146 cm³/mol. The Morgan fingerprint density at radius 1 is 0.722 bits per heavy atom. The molecule has 1 heterocycles. The molecular formula is C32H24O4. The molecular weight excluding hydrogens is 448 g/mol. The van der Waals surface area contributed by atoms with Gasteiger partial charge in [0.1, 0.15) is 11.2 Å². The number of carbonyl (C=O) groups is 1. The SMILES string of the molecule is CC(C)(C)c1ccc2c(ccc3c(-c4ccccc4C(=O)O)c4ccc5cc(=O)ccc5c4oc32)c1. The Balaban J connectivity index is 1.84. The van der Waals surface area contributed by atoms with Crippen LogP contribution in [-0.4, -0.2) is 11.1 Å². The largest absolute Gasteiger partial charge is 0.478 e. The fourth-order valence-electron chi connectivity index (χ4n) is 5.09. The van der Waals surface area contributed by atoms with Gasteiger partial charge in [0.15, 0.2) is 5.43 Å². The van der Waals surface area contributed by atoms with Gasteiger partial charge in [-0.05, 0) is 63.7 Å². The molecule has 0 atom stereocenters. The molecule has 0 aliphatic carbocycles. The number of aromatic carboxylic acids is 1. The molecule has 6 aromatic rings. The lowest BCUT2D eigenvalue weighted by Gasteiger charge is -2.20. The molecule has 5 aromatic carbocycles. The molecule has 176 valence electrons. The maximum atomic E-state index is 12.2. The highest BCUT2D eigenvalue weighted by molar-refractivity contribution is 6.20. The van der Waals surface area contributed by atoms with Gasteiger partial charge in [0.2, 0.25) is 0 Å². The summed E-state index contributed by atoms with van der Waals surface area (Å²) in [4.78, 5) is 24.2. The summed E-state index contributed by atoms with van der Waals surface area (Å²) in [5.74, 6) is -0.986. The highest BCUT2D eigenvalue weighted by Gasteiger charge is 2.21. The summed E-state index contributed by atoms with van der Waals surface area (Å²) in [5, 5.41) is 15.2. The Kier molecular flexibility index (Phi) is 4.77. The van der Waals surface area contributed by atoms with Gasteiger partial charge in [-0.25, -0.2) is 4.79 Å². The summed E-state index contributed by atoms with van der Waals surface area (Å²) >= 11 is 0. The molecule has 0 saturated heterocycles. The molecule has 0 unspecified atom stereocenters. The topological polar surface area (TPSA) is 67.5 Å². The van der Waals surface area contributed by atoms with Crippen LogP contribution < -0.4 is 5.43 Å². The van der Waals surface area contributed by atoms with Crippen molar-refractivity contribution in [3.63, 3.8) is 0 Å². The Morgan fingerprint density at radius 3 is 1.94 bits per heavy atom. The first-order valence-corrected chi connectivity index (χ1v) is 11.9. The van der Waals surface area contributed by atoms with Crippen LogP contribution >= 0.6 is 0 Å². The van der Waals surface area contributed by atoms with Crippen LogP contribution in [-0.2, 0) is 5.41 Å². The molecule has 0 bridgehead atoms. The van der Waals surface area contributed by atoms with Crippen LogP contribution in [0.5, 0.6) is 0 Å². The molecule has 1 N–H and O–H groups in total. The number of hydrogen-bond donors (Lipinski definition) is 1. The van der Waals surface area contributed by atoms with Crippen LogP contribution in [0, 0.1) is 0 Å². The van der Waals surface area contributed by atoms with E-state index in [1.807, 2.05) is 30.3 Å². The fourth-order valence-corrected chi connectivity index (χ4v) is 5.09. The molecule has 0 fully saturated rings. The van der Waals surface area contributed by atoms with Crippen LogP contribution in [0.1, 0.15) is 36.7 Å². The minimum atomic E-state index is -0.986. The van der Waals surface area contributed by atoms with Crippen LogP contribution in [0.3, 0.4) is 0 Å². The van der Waals surface area contributed by atoms with E-state index in [1.165, 1.54) is 11.6 Å². The summed E-state index contributed by atoms with van der Waals surface area (Å²) < 4.78 is 6.65. The number of benzene rings is 5. The lowest BCUT2D eigenvalue weighted by Crippen LogP contribution is -2.10. The Bertz CT molecular complexity index is 1920. The zero-order chi connectivity index (χ0) is 25.2. The smallest absolute Gasteiger partial charge is 0.336 e. The van der Waals surface area contributed by atoms with Crippen molar-refractivity contribution in [1.82, 2.24) is 0 Å². The minimum absolute atomic E-state index is 0.00149. The molecule has 4 nitrogen and oxygen atoms in total. The van der Waals surface area contributed by atoms with Crippen LogP contribution in [0.4, 0.5) is 0 Å². The van der Waals surface area contributed by atoms with Crippen LogP contribution in [0.15, 0.2) is 94.1 Å². The average molecular weight is 473 g/mol. The predicted octanol–water partition coefficient (Wildman–Crippen LogP) is 7.92. The van der Waals surface area contributed by atoms with E-state index in [2.05, 4.69) is 45.0 Å². The summed E-state index contributed by atoms with van der Waals surface area (Å²) in [6, 6.07) is 26.3. The second-order valence-corrected chi connectivity index (χ2v) is 10.3. The molecule has 0 aliphatic heterocycles. The highest BCUT2D eigenvalue weighted by Crippen LogP contribution is 2.42. The second-order valence-electron chi connectivity index (χ2n) is 10.3. The molecule has 0 spiro atoms. The number of fused-ring (bicyclic) bond motifs is 6. The maximum Gasteiger partial charge on any atom is 0.336 e. The molecule has 0 amide bonds. The van der Waals surface area contributed by atoms with Crippen molar-refractivity contribution in [2.45, 2.75) is 26.2 Å². The average Bonchev–Trinajstić information content (AvgIpc) is 2.86. The van der Waals surface area contributed by atoms with Crippen molar-refractivity contribution >= 4 is 49.5 Å². The standard InChI is InChI=1S/C32H24O4/c1-32(2,3)20-10-14-22-18(16-20)8-12-26-28(24-6-4-5-7-25(24)31(34)35)27-13-9-19-17-21(33)11-15-23(19)30(27)36-29(22)26/h4-17H,1-3H3,(H,34,35). The van der Waals surface area contributed by atoms with Gasteiger partial charge in [-0.2, -0.15) is 0 Å². The molecule has 6 rings (SSSR count). The van der Waals surface area contributed by atoms with E-state index in [0.29, 0.717) is 16.7 Å². The van der Waals surface area contributed by atoms with E-state index in [0.717, 1.165) is 37.9 Å². The number of carboxylic acids is 1. The third kappa shape index (κ3) is 3.37. The quantitative estimate of drug-likeness (QED) is 0.205. The van der Waals surface area contributed by atoms with Gasteiger partial charge >= 0.3 is 5.97 Å². The van der Waals surface area contributed by atoms with E-state index in [4.69, 9.17) is 4.42 Å². The normalized spacial score (nSPS) is 12.1. The third-order valence-electron chi connectivity index (χ3n) is 6.95. The van der Waals surface area contributed by atoms with Crippen molar-refractivity contribution in [2.24, 2.45) is 0 Å². The number of hydrogen-bond acceptors (Lipinski definition) is 3. The first kappa shape index (κ1) is 22.1. The van der Waals surface area contributed by atoms with Crippen molar-refractivity contribution in [3.8, 4) is 11.1 Å². The fraction of sp³-hybridized carbons (Fsp3) is 0.125. The van der Waals surface area contributed by atoms with Gasteiger partial charge < -0.3 is 9.52 Å². The van der Waals surface area contributed by atoms with Crippen molar-refractivity contribution in [3.05, 3.63) is 106 Å². The van der Waals surface area contributed by atoms with E-state index < -0.39 is 5.97 Å². The summed E-state index contributed by atoms with van der Waals surface area (Å²) in [7, 11) is 0. The summed E-state index contributed by atoms with van der Waals surface area (Å²) in [6.07, 6.45) is 0. The third-order valence-corrected chi connectivity index (χ3v) is 6.95. The molecule has 0 aliphatic rings. The molecule has 1 aromatic heterocycles. The minimum Gasteiger partial charge on any atom is -0.478 e. The highest BCUT2D eigenvalue weighted by atomic mass is 16.4. The number of carboxylic acid groups (broad SMARTS) is 1. The van der Waals surface area contributed by atoms with E-state index in [-0.39, 0.29) is 16.4 Å². The first-order valence-electron chi connectivity index (χ1n) is 11.9. The van der Waals surface area contributed by atoms with Crippen molar-refractivity contribution < 1.29 is 14.3 Å².